The lowest BCUT2D eigenvalue weighted by Crippen LogP contribution is -2.10. The van der Waals surface area contributed by atoms with Gasteiger partial charge in [0.05, 0.1) is 0 Å². The first-order chi connectivity index (χ1) is 4.70. The van der Waals surface area contributed by atoms with Crippen LogP contribution >= 0.6 is 0 Å². The zero-order chi connectivity index (χ0) is 7.56. The number of carbonyl (C=O) groups is 1. The Labute approximate surface area is 59.9 Å². The maximum Gasteiger partial charge on any atom is 0.155 e. The topological polar surface area (TPSA) is 17.1 Å². The highest BCUT2D eigenvalue weighted by Crippen LogP contribution is 2.20. The van der Waals surface area contributed by atoms with Gasteiger partial charge in [-0.2, -0.15) is 0 Å². The van der Waals surface area contributed by atoms with Crippen LogP contribution in [0.1, 0.15) is 26.2 Å². The van der Waals surface area contributed by atoms with Gasteiger partial charge in [-0.15, -0.1) is 0 Å². The van der Waals surface area contributed by atoms with Crippen molar-refractivity contribution in [3.05, 3.63) is 11.6 Å². The lowest BCUT2D eigenvalue weighted by atomic mass is 9.96. The Kier molecular flexibility index (Phi) is 2.20. The van der Waals surface area contributed by atoms with E-state index in [4.69, 9.17) is 0 Å². The van der Waals surface area contributed by atoms with E-state index in [-0.39, 0.29) is 5.78 Å². The Morgan fingerprint density at radius 1 is 1.80 bits per heavy atom. The highest BCUT2D eigenvalue weighted by Gasteiger charge is 2.16. The number of hydrogen-bond donors (Lipinski definition) is 0. The summed E-state index contributed by atoms with van der Waals surface area (Å²) in [5.41, 5.74) is 0.666. The van der Waals surface area contributed by atoms with Gasteiger partial charge < -0.3 is 0 Å². The molecular weight excluding hydrogens is 131 g/mol. The van der Waals surface area contributed by atoms with Crippen LogP contribution in [0.25, 0.3) is 0 Å². The molecule has 56 valence electrons. The molecule has 0 saturated heterocycles. The van der Waals surface area contributed by atoms with Gasteiger partial charge in [-0.3, -0.25) is 4.79 Å². The minimum Gasteiger partial charge on any atom is -0.295 e. The van der Waals surface area contributed by atoms with Gasteiger partial charge in [-0.05, 0) is 25.3 Å². The molecule has 0 bridgehead atoms. The number of allylic oxidation sites excluding steroid dienone is 2. The van der Waals surface area contributed by atoms with Crippen LogP contribution in [0.3, 0.4) is 0 Å². The third-order valence-electron chi connectivity index (χ3n) is 1.76. The number of ketones is 1. The minimum absolute atomic E-state index is 0.0161. The average molecular weight is 142 g/mol. The van der Waals surface area contributed by atoms with Crippen molar-refractivity contribution in [2.24, 2.45) is 0 Å². The normalized spacial score (nSPS) is 25.8. The van der Waals surface area contributed by atoms with Crippen LogP contribution in [0.15, 0.2) is 11.6 Å². The van der Waals surface area contributed by atoms with E-state index in [1.54, 1.807) is 0 Å². The number of Topliss-reactive ketones (excluding diaryl/α,β-unsaturated/α-hetero) is 1. The molecule has 0 heterocycles. The summed E-state index contributed by atoms with van der Waals surface area (Å²) < 4.78 is 12.6. The fraction of sp³-hybridized carbons (Fsp3) is 0.625. The van der Waals surface area contributed by atoms with Gasteiger partial charge in [-0.1, -0.05) is 6.08 Å². The van der Waals surface area contributed by atoms with Crippen LogP contribution in [-0.2, 0) is 4.79 Å². The van der Waals surface area contributed by atoms with Crippen LogP contribution in [0.2, 0.25) is 0 Å². The molecule has 0 radical (unpaired) electrons. The first-order valence-electron chi connectivity index (χ1n) is 3.54. The monoisotopic (exact) mass is 142 g/mol. The van der Waals surface area contributed by atoms with Crippen LogP contribution < -0.4 is 0 Å². The van der Waals surface area contributed by atoms with Gasteiger partial charge >= 0.3 is 0 Å². The van der Waals surface area contributed by atoms with Crippen molar-refractivity contribution in [1.82, 2.24) is 0 Å². The van der Waals surface area contributed by atoms with Gasteiger partial charge in [0.2, 0.25) is 0 Å². The smallest absolute Gasteiger partial charge is 0.155 e. The molecule has 1 unspecified atom stereocenters. The maximum atomic E-state index is 12.6. The number of hydrogen-bond acceptors (Lipinski definition) is 1. The van der Waals surface area contributed by atoms with Gasteiger partial charge in [0.15, 0.2) is 5.78 Å². The molecule has 0 N–H and O–H groups in total. The van der Waals surface area contributed by atoms with E-state index in [1.807, 2.05) is 6.08 Å². The number of halogens is 1. The summed E-state index contributed by atoms with van der Waals surface area (Å²) in [7, 11) is 0. The molecule has 0 fully saturated rings. The second kappa shape index (κ2) is 2.95. The second-order valence-electron chi connectivity index (χ2n) is 2.66. The molecule has 10 heavy (non-hydrogen) atoms. The van der Waals surface area contributed by atoms with E-state index >= 15 is 0 Å². The zero-order valence-electron chi connectivity index (χ0n) is 6.06. The average Bonchev–Trinajstić information content (AvgIpc) is 1.88. The summed E-state index contributed by atoms with van der Waals surface area (Å²) in [6, 6.07) is 0. The second-order valence-corrected chi connectivity index (χ2v) is 2.66. The molecule has 1 rings (SSSR count). The lowest BCUT2D eigenvalue weighted by molar-refractivity contribution is -0.114. The van der Waals surface area contributed by atoms with Crippen molar-refractivity contribution in [2.75, 3.05) is 0 Å². The summed E-state index contributed by atoms with van der Waals surface area (Å²) in [6.45, 7) is 1.49. The first kappa shape index (κ1) is 7.45. The Morgan fingerprint density at radius 2 is 2.50 bits per heavy atom. The van der Waals surface area contributed by atoms with Gasteiger partial charge in [0.25, 0.3) is 0 Å². The molecule has 0 aromatic heterocycles. The fourth-order valence-corrected chi connectivity index (χ4v) is 1.15. The van der Waals surface area contributed by atoms with E-state index in [0.29, 0.717) is 18.4 Å². The van der Waals surface area contributed by atoms with Crippen molar-refractivity contribution in [1.29, 1.82) is 0 Å². The van der Waals surface area contributed by atoms with E-state index in [1.165, 1.54) is 6.92 Å². The van der Waals surface area contributed by atoms with Crippen molar-refractivity contribution in [3.63, 3.8) is 0 Å². The number of carbonyl (C=O) groups excluding carboxylic acids is 1. The third-order valence-corrected chi connectivity index (χ3v) is 1.76. The Hall–Kier alpha value is -0.660. The van der Waals surface area contributed by atoms with E-state index in [0.717, 1.165) is 6.42 Å². The van der Waals surface area contributed by atoms with Crippen LogP contribution in [-0.4, -0.2) is 12.0 Å². The summed E-state index contributed by atoms with van der Waals surface area (Å²) in [5.74, 6) is 0.0161. The van der Waals surface area contributed by atoms with E-state index in [2.05, 4.69) is 0 Å². The molecule has 1 aliphatic rings. The van der Waals surface area contributed by atoms with Gasteiger partial charge in [0, 0.05) is 6.42 Å². The largest absolute Gasteiger partial charge is 0.295 e. The third kappa shape index (κ3) is 1.66. The molecule has 0 spiro atoms. The molecule has 0 aromatic rings. The van der Waals surface area contributed by atoms with Crippen LogP contribution in [0.5, 0.6) is 0 Å². The van der Waals surface area contributed by atoms with Gasteiger partial charge in [-0.25, -0.2) is 4.39 Å². The maximum absolute atomic E-state index is 12.6. The highest BCUT2D eigenvalue weighted by atomic mass is 19.1. The molecule has 1 aliphatic carbocycles. The van der Waals surface area contributed by atoms with Crippen molar-refractivity contribution in [3.8, 4) is 0 Å². The molecule has 0 saturated carbocycles. The summed E-state index contributed by atoms with van der Waals surface area (Å²) in [4.78, 5) is 10.7. The Bertz CT molecular complexity index is 172. The first-order valence-corrected chi connectivity index (χ1v) is 3.54. The molecule has 1 nitrogen and oxygen atoms in total. The fourth-order valence-electron chi connectivity index (χ4n) is 1.15. The Balaban J connectivity index is 2.60. The van der Waals surface area contributed by atoms with Crippen molar-refractivity contribution < 1.29 is 9.18 Å². The summed E-state index contributed by atoms with van der Waals surface area (Å²) in [6.07, 6.45) is 2.68. The zero-order valence-corrected chi connectivity index (χ0v) is 6.06. The van der Waals surface area contributed by atoms with Gasteiger partial charge in [0.1, 0.15) is 6.17 Å². The van der Waals surface area contributed by atoms with Crippen LogP contribution in [0, 0.1) is 0 Å². The molecule has 0 aliphatic heterocycles. The molecule has 0 aromatic carbocycles. The highest BCUT2D eigenvalue weighted by molar-refractivity contribution is 5.93. The minimum atomic E-state index is -0.788. The van der Waals surface area contributed by atoms with E-state index in [9.17, 15) is 9.18 Å². The quantitative estimate of drug-likeness (QED) is 0.547. The number of alkyl halides is 1. The summed E-state index contributed by atoms with van der Waals surface area (Å²) in [5, 5.41) is 0. The molecule has 2 heteroatoms. The molecular formula is C8H11FO. The molecule has 0 amide bonds. The molecule has 1 atom stereocenters. The Morgan fingerprint density at radius 3 is 2.90 bits per heavy atom. The van der Waals surface area contributed by atoms with Crippen molar-refractivity contribution in [2.45, 2.75) is 32.4 Å². The predicted octanol–water partition coefficient (Wildman–Crippen LogP) is 2.02. The number of rotatable bonds is 1. The predicted molar refractivity (Wildman–Crippen MR) is 37.5 cm³/mol. The lowest BCUT2D eigenvalue weighted by Gasteiger charge is -2.13. The van der Waals surface area contributed by atoms with Crippen molar-refractivity contribution >= 4 is 5.78 Å². The standard InChI is InChI=1S/C8H11FO/c1-6(10)7-3-2-4-8(9)5-7/h3,8H,2,4-5H2,1H3. The SMILES string of the molecule is CC(=O)C1=CCCC(F)C1. The van der Waals surface area contributed by atoms with Crippen LogP contribution in [0.4, 0.5) is 4.39 Å². The van der Waals surface area contributed by atoms with E-state index < -0.39 is 6.17 Å². The summed E-state index contributed by atoms with van der Waals surface area (Å²) >= 11 is 0.